The van der Waals surface area contributed by atoms with Gasteiger partial charge in [-0.2, -0.15) is 0 Å². The van der Waals surface area contributed by atoms with Crippen LogP contribution in [0.5, 0.6) is 11.5 Å². The van der Waals surface area contributed by atoms with Crippen LogP contribution < -0.4 is 9.47 Å². The van der Waals surface area contributed by atoms with Crippen LogP contribution in [0.2, 0.25) is 0 Å². The van der Waals surface area contributed by atoms with Gasteiger partial charge in [0.25, 0.3) is 0 Å². The molecule has 24 heavy (non-hydrogen) atoms. The van der Waals surface area contributed by atoms with Crippen LogP contribution in [0.4, 0.5) is 0 Å². The fourth-order valence-electron chi connectivity index (χ4n) is 6.31. The molecule has 130 valence electrons. The highest BCUT2D eigenvalue weighted by atomic mass is 16.5. The molecule has 2 N–H and O–H groups in total. The van der Waals surface area contributed by atoms with Crippen LogP contribution in [-0.4, -0.2) is 59.7 Å². The van der Waals surface area contributed by atoms with Crippen molar-refractivity contribution in [3.05, 3.63) is 23.3 Å². The summed E-state index contributed by atoms with van der Waals surface area (Å²) in [6.45, 7) is 2.98. The maximum Gasteiger partial charge on any atom is 0.166 e. The highest BCUT2D eigenvalue weighted by molar-refractivity contribution is 5.63. The maximum absolute atomic E-state index is 12.1. The molecule has 1 aromatic carbocycles. The van der Waals surface area contributed by atoms with Crippen molar-refractivity contribution < 1.29 is 19.7 Å². The minimum Gasteiger partial charge on any atom is -0.493 e. The van der Waals surface area contributed by atoms with E-state index >= 15 is 0 Å². The van der Waals surface area contributed by atoms with Gasteiger partial charge in [-0.25, -0.2) is 0 Å². The summed E-state index contributed by atoms with van der Waals surface area (Å²) in [4.78, 5) is 2.29. The Morgan fingerprint density at radius 2 is 2.17 bits per heavy atom. The lowest BCUT2D eigenvalue weighted by Gasteiger charge is -2.65. The van der Waals surface area contributed by atoms with Gasteiger partial charge < -0.3 is 24.6 Å². The minimum absolute atomic E-state index is 0.0189. The van der Waals surface area contributed by atoms with E-state index < -0.39 is 17.1 Å². The van der Waals surface area contributed by atoms with E-state index in [1.807, 2.05) is 6.07 Å². The predicted octanol–water partition coefficient (Wildman–Crippen LogP) is 1.09. The fraction of sp³-hybridized carbons (Fsp3) is 0.684. The first-order chi connectivity index (χ1) is 11.4. The second-order valence-corrected chi connectivity index (χ2v) is 8.12. The van der Waals surface area contributed by atoms with E-state index in [0.29, 0.717) is 12.2 Å². The zero-order valence-electron chi connectivity index (χ0n) is 14.5. The van der Waals surface area contributed by atoms with Crippen LogP contribution in [-0.2, 0) is 11.8 Å². The Bertz CT molecular complexity index is 722. The van der Waals surface area contributed by atoms with Crippen LogP contribution in [0.15, 0.2) is 12.1 Å². The molecule has 5 nitrogen and oxygen atoms in total. The van der Waals surface area contributed by atoms with Crippen molar-refractivity contribution >= 4 is 0 Å². The number of piperidine rings is 1. The maximum atomic E-state index is 12.1. The minimum atomic E-state index is -0.880. The number of likely N-dealkylation sites (N-methyl/N-ethyl adjacent to an activating group) is 1. The van der Waals surface area contributed by atoms with E-state index in [2.05, 4.69) is 24.9 Å². The number of nitrogens with zero attached hydrogens (tertiary/aromatic N) is 1. The van der Waals surface area contributed by atoms with Crippen LogP contribution >= 0.6 is 0 Å². The van der Waals surface area contributed by atoms with Crippen LogP contribution in [0, 0.1) is 5.92 Å². The molecule has 0 radical (unpaired) electrons. The molecule has 2 bridgehead atoms. The van der Waals surface area contributed by atoms with Crippen LogP contribution in [0.3, 0.4) is 0 Å². The van der Waals surface area contributed by atoms with E-state index in [-0.39, 0.29) is 18.1 Å². The number of ether oxygens (including phenoxy) is 2. The second-order valence-electron chi connectivity index (χ2n) is 8.12. The van der Waals surface area contributed by atoms with Gasteiger partial charge in [0.1, 0.15) is 6.10 Å². The zero-order chi connectivity index (χ0) is 16.9. The number of hydrogen-bond donors (Lipinski definition) is 2. The molecule has 2 aliphatic heterocycles. The van der Waals surface area contributed by atoms with E-state index in [0.717, 1.165) is 30.7 Å². The molecule has 0 amide bonds. The van der Waals surface area contributed by atoms with Crippen LogP contribution in [0.1, 0.15) is 30.9 Å². The largest absolute Gasteiger partial charge is 0.493 e. The molecular formula is C19H25NO4. The number of benzene rings is 1. The number of hydrogen-bond acceptors (Lipinski definition) is 5. The highest BCUT2D eigenvalue weighted by Gasteiger charge is 2.74. The van der Waals surface area contributed by atoms with Gasteiger partial charge in [0, 0.05) is 11.6 Å². The lowest BCUT2D eigenvalue weighted by atomic mass is 9.46. The molecule has 6 atom stereocenters. The van der Waals surface area contributed by atoms with Gasteiger partial charge in [0.15, 0.2) is 11.5 Å². The number of rotatable bonds is 1. The first-order valence-electron chi connectivity index (χ1n) is 8.92. The van der Waals surface area contributed by atoms with Gasteiger partial charge in [-0.1, -0.05) is 13.0 Å². The van der Waals surface area contributed by atoms with E-state index in [9.17, 15) is 10.2 Å². The summed E-state index contributed by atoms with van der Waals surface area (Å²) >= 11 is 0. The summed E-state index contributed by atoms with van der Waals surface area (Å²) < 4.78 is 11.8. The number of likely N-dealkylation sites (tertiary alicyclic amines) is 1. The molecule has 4 unspecified atom stereocenters. The molecule has 2 heterocycles. The Kier molecular flexibility index (Phi) is 2.78. The molecule has 5 rings (SSSR count). The quantitative estimate of drug-likeness (QED) is 0.806. The highest BCUT2D eigenvalue weighted by Crippen LogP contribution is 2.66. The Labute approximate surface area is 142 Å². The Morgan fingerprint density at radius 3 is 2.92 bits per heavy atom. The molecule has 1 aromatic rings. The van der Waals surface area contributed by atoms with E-state index in [4.69, 9.17) is 9.47 Å². The average molecular weight is 331 g/mol. The third-order valence-corrected chi connectivity index (χ3v) is 7.33. The smallest absolute Gasteiger partial charge is 0.166 e. The van der Waals surface area contributed by atoms with Crippen molar-refractivity contribution in [3.63, 3.8) is 0 Å². The molecule has 2 fully saturated rings. The number of aliphatic hydroxyl groups excluding tert-OH is 1. The van der Waals surface area contributed by atoms with Crippen molar-refractivity contribution in [2.45, 2.75) is 55.5 Å². The molecule has 1 spiro atoms. The lowest BCUT2D eigenvalue weighted by molar-refractivity contribution is -0.229. The number of methoxy groups -OCH3 is 1. The monoisotopic (exact) mass is 331 g/mol. The molecule has 1 saturated heterocycles. The van der Waals surface area contributed by atoms with E-state index in [1.165, 1.54) is 5.56 Å². The SMILES string of the molecule is COc1ccc2c3c1O[C@H]1C(O)CC(C)[C@@]4(O)C(C2)N(C)CCC314. The molecule has 0 aromatic heterocycles. The van der Waals surface area contributed by atoms with Crippen molar-refractivity contribution in [1.29, 1.82) is 0 Å². The summed E-state index contributed by atoms with van der Waals surface area (Å²) in [7, 11) is 3.75. The fourth-order valence-corrected chi connectivity index (χ4v) is 6.31. The molecule has 5 heteroatoms. The third-order valence-electron chi connectivity index (χ3n) is 7.33. The zero-order valence-corrected chi connectivity index (χ0v) is 14.5. The number of aliphatic hydroxyl groups is 2. The van der Waals surface area contributed by atoms with Crippen molar-refractivity contribution in [2.24, 2.45) is 5.92 Å². The van der Waals surface area contributed by atoms with Gasteiger partial charge in [-0.15, -0.1) is 0 Å². The second kappa shape index (κ2) is 4.45. The average Bonchev–Trinajstić information content (AvgIpc) is 2.91. The van der Waals surface area contributed by atoms with Gasteiger partial charge in [0.2, 0.25) is 0 Å². The Hall–Kier alpha value is -1.30. The Morgan fingerprint density at radius 1 is 1.38 bits per heavy atom. The van der Waals surface area contributed by atoms with E-state index in [1.54, 1.807) is 7.11 Å². The third kappa shape index (κ3) is 1.37. The predicted molar refractivity (Wildman–Crippen MR) is 88.6 cm³/mol. The van der Waals surface area contributed by atoms with Crippen molar-refractivity contribution in [1.82, 2.24) is 4.90 Å². The summed E-state index contributed by atoms with van der Waals surface area (Å²) in [5.41, 5.74) is 0.924. The van der Waals surface area contributed by atoms with Gasteiger partial charge >= 0.3 is 0 Å². The summed E-state index contributed by atoms with van der Waals surface area (Å²) in [6.07, 6.45) is 1.24. The molecular weight excluding hydrogens is 306 g/mol. The normalized spacial score (nSPS) is 45.5. The standard InChI is InChI=1S/C19H25NO4/c1-10-8-12(21)17-18-6-7-20(2)14(19(10,18)22)9-11-4-5-13(23-3)16(24-17)15(11)18/h4-5,10,12,14,17,21-22H,6-9H2,1-3H3/t10?,12?,14?,17-,18?,19+/m0/s1. The Balaban J connectivity index is 1.86. The van der Waals surface area contributed by atoms with Crippen LogP contribution in [0.25, 0.3) is 0 Å². The van der Waals surface area contributed by atoms with Gasteiger partial charge in [-0.3, -0.25) is 0 Å². The first kappa shape index (κ1) is 15.0. The summed E-state index contributed by atoms with van der Waals surface area (Å²) in [6, 6.07) is 4.13. The molecule has 4 aliphatic rings. The first-order valence-corrected chi connectivity index (χ1v) is 8.92. The van der Waals surface area contributed by atoms with Crippen molar-refractivity contribution in [2.75, 3.05) is 20.7 Å². The van der Waals surface area contributed by atoms with Gasteiger partial charge in [0.05, 0.1) is 24.2 Å². The van der Waals surface area contributed by atoms with Crippen molar-refractivity contribution in [3.8, 4) is 11.5 Å². The topological polar surface area (TPSA) is 62.2 Å². The molecule has 1 saturated carbocycles. The summed E-state index contributed by atoms with van der Waals surface area (Å²) in [5, 5.41) is 22.9. The molecule has 2 aliphatic carbocycles. The van der Waals surface area contributed by atoms with Gasteiger partial charge in [-0.05, 0) is 50.4 Å². The lowest BCUT2D eigenvalue weighted by Crippen LogP contribution is -2.79. The summed E-state index contributed by atoms with van der Waals surface area (Å²) in [5.74, 6) is 1.47.